The van der Waals surface area contributed by atoms with Crippen molar-refractivity contribution >= 4 is 11.6 Å². The molecule has 1 N–H and O–H groups in total. The summed E-state index contributed by atoms with van der Waals surface area (Å²) in [6.07, 6.45) is 0. The second-order valence-electron chi connectivity index (χ2n) is 5.37. The van der Waals surface area contributed by atoms with Crippen LogP contribution in [0.5, 0.6) is 11.5 Å². The number of ether oxygens (including phenoxy) is 2. The fraction of sp³-hybridized carbons (Fsp3) is 0.158. The van der Waals surface area contributed by atoms with Crippen LogP contribution in [-0.4, -0.2) is 17.7 Å². The molecule has 2 aromatic carbocycles. The average Bonchev–Trinajstić information content (AvgIpc) is 3.05. The van der Waals surface area contributed by atoms with Crippen molar-refractivity contribution in [2.45, 2.75) is 13.5 Å². The minimum Gasteiger partial charge on any atom is -0.484 e. The normalized spacial score (nSPS) is 10.3. The molecular weight excluding hydrogens is 320 g/mol. The van der Waals surface area contributed by atoms with Crippen LogP contribution in [0.15, 0.2) is 65.2 Å². The van der Waals surface area contributed by atoms with Gasteiger partial charge in [-0.2, -0.15) is 0 Å². The summed E-state index contributed by atoms with van der Waals surface area (Å²) in [5.41, 5.74) is 1.36. The number of hydrogen-bond donors (Lipinski definition) is 1. The smallest absolute Gasteiger partial charge is 0.262 e. The van der Waals surface area contributed by atoms with Gasteiger partial charge in [0.05, 0.1) is 11.4 Å². The number of nitrogens with zero attached hydrogens (tertiary/aromatic N) is 1. The molecule has 1 heterocycles. The Bertz CT molecular complexity index is 830. The predicted molar refractivity (Wildman–Crippen MR) is 92.6 cm³/mol. The lowest BCUT2D eigenvalue weighted by Gasteiger charge is -2.12. The SMILES string of the molecule is Cc1cc(COc2ccccc2NC(=O)COc2ccccc2)on1. The van der Waals surface area contributed by atoms with E-state index in [1.54, 1.807) is 30.3 Å². The molecule has 0 aliphatic rings. The molecule has 128 valence electrons. The number of para-hydroxylation sites is 3. The highest BCUT2D eigenvalue weighted by Crippen LogP contribution is 2.25. The Morgan fingerprint density at radius 3 is 2.60 bits per heavy atom. The number of benzene rings is 2. The molecular formula is C19H18N2O4. The van der Waals surface area contributed by atoms with E-state index in [1.807, 2.05) is 37.3 Å². The molecule has 0 saturated heterocycles. The van der Waals surface area contributed by atoms with Gasteiger partial charge < -0.3 is 19.3 Å². The van der Waals surface area contributed by atoms with E-state index in [0.29, 0.717) is 22.9 Å². The molecule has 3 aromatic rings. The van der Waals surface area contributed by atoms with E-state index in [2.05, 4.69) is 10.5 Å². The van der Waals surface area contributed by atoms with Crippen molar-refractivity contribution in [1.82, 2.24) is 5.16 Å². The molecule has 6 heteroatoms. The molecule has 0 aliphatic carbocycles. The molecule has 0 spiro atoms. The van der Waals surface area contributed by atoms with Gasteiger partial charge in [-0.15, -0.1) is 0 Å². The van der Waals surface area contributed by atoms with Crippen LogP contribution in [0.1, 0.15) is 11.5 Å². The molecule has 3 rings (SSSR count). The van der Waals surface area contributed by atoms with Gasteiger partial charge in [0.15, 0.2) is 12.4 Å². The summed E-state index contributed by atoms with van der Waals surface area (Å²) in [6.45, 7) is 1.99. The molecule has 6 nitrogen and oxygen atoms in total. The first-order chi connectivity index (χ1) is 12.2. The summed E-state index contributed by atoms with van der Waals surface area (Å²) < 4.78 is 16.3. The third-order valence-electron chi connectivity index (χ3n) is 3.32. The average molecular weight is 338 g/mol. The number of rotatable bonds is 7. The zero-order valence-electron chi connectivity index (χ0n) is 13.8. The largest absolute Gasteiger partial charge is 0.484 e. The maximum absolute atomic E-state index is 12.1. The first kappa shape index (κ1) is 16.6. The van der Waals surface area contributed by atoms with Gasteiger partial charge in [0.1, 0.15) is 18.1 Å². The minimum atomic E-state index is -0.268. The van der Waals surface area contributed by atoms with E-state index in [1.165, 1.54) is 0 Å². The number of hydrogen-bond acceptors (Lipinski definition) is 5. The predicted octanol–water partition coefficient (Wildman–Crippen LogP) is 3.58. The first-order valence-corrected chi connectivity index (χ1v) is 7.82. The van der Waals surface area contributed by atoms with Crippen molar-refractivity contribution in [1.29, 1.82) is 0 Å². The lowest BCUT2D eigenvalue weighted by Crippen LogP contribution is -2.20. The lowest BCUT2D eigenvalue weighted by molar-refractivity contribution is -0.118. The highest BCUT2D eigenvalue weighted by Gasteiger charge is 2.10. The zero-order valence-corrected chi connectivity index (χ0v) is 13.8. The van der Waals surface area contributed by atoms with Crippen molar-refractivity contribution in [3.63, 3.8) is 0 Å². The number of aromatic nitrogens is 1. The molecule has 0 fully saturated rings. The van der Waals surface area contributed by atoms with Gasteiger partial charge in [0.2, 0.25) is 0 Å². The number of nitrogens with one attached hydrogen (secondary N) is 1. The molecule has 0 unspecified atom stereocenters. The summed E-state index contributed by atoms with van der Waals surface area (Å²) in [6, 6.07) is 18.2. The Morgan fingerprint density at radius 2 is 1.84 bits per heavy atom. The Morgan fingerprint density at radius 1 is 1.08 bits per heavy atom. The van der Waals surface area contributed by atoms with E-state index in [4.69, 9.17) is 14.0 Å². The Kier molecular flexibility index (Phi) is 5.31. The van der Waals surface area contributed by atoms with Gasteiger partial charge >= 0.3 is 0 Å². The molecule has 0 atom stereocenters. The number of amides is 1. The third-order valence-corrected chi connectivity index (χ3v) is 3.32. The highest BCUT2D eigenvalue weighted by molar-refractivity contribution is 5.93. The third kappa shape index (κ3) is 4.84. The van der Waals surface area contributed by atoms with Crippen molar-refractivity contribution in [3.8, 4) is 11.5 Å². The fourth-order valence-electron chi connectivity index (χ4n) is 2.18. The Hall–Kier alpha value is -3.28. The quantitative estimate of drug-likeness (QED) is 0.713. The Balaban J connectivity index is 1.57. The molecule has 25 heavy (non-hydrogen) atoms. The lowest BCUT2D eigenvalue weighted by atomic mass is 10.3. The zero-order chi connectivity index (χ0) is 17.5. The van der Waals surface area contributed by atoms with Crippen LogP contribution in [0.2, 0.25) is 0 Å². The standard InChI is InChI=1S/C19H18N2O4/c1-14-11-16(25-21-14)12-24-18-10-6-5-9-17(18)20-19(22)13-23-15-7-3-2-4-8-15/h2-11H,12-13H2,1H3,(H,20,22). The monoisotopic (exact) mass is 338 g/mol. The van der Waals surface area contributed by atoms with Crippen molar-refractivity contribution in [2.24, 2.45) is 0 Å². The van der Waals surface area contributed by atoms with Crippen molar-refractivity contribution < 1.29 is 18.8 Å². The molecule has 0 bridgehead atoms. The molecule has 1 aromatic heterocycles. The topological polar surface area (TPSA) is 73.6 Å². The fourth-order valence-corrected chi connectivity index (χ4v) is 2.18. The minimum absolute atomic E-state index is 0.0837. The van der Waals surface area contributed by atoms with Gasteiger partial charge in [-0.3, -0.25) is 4.79 Å². The van der Waals surface area contributed by atoms with Crippen LogP contribution in [0.25, 0.3) is 0 Å². The van der Waals surface area contributed by atoms with E-state index < -0.39 is 0 Å². The van der Waals surface area contributed by atoms with Crippen LogP contribution in [0.4, 0.5) is 5.69 Å². The second-order valence-corrected chi connectivity index (χ2v) is 5.37. The summed E-state index contributed by atoms with van der Waals surface area (Å²) in [7, 11) is 0. The molecule has 0 radical (unpaired) electrons. The maximum Gasteiger partial charge on any atom is 0.262 e. The number of aryl methyl sites for hydroxylation is 1. The number of carbonyl (C=O) groups excluding carboxylic acids is 1. The van der Waals surface area contributed by atoms with Crippen LogP contribution in [0.3, 0.4) is 0 Å². The van der Waals surface area contributed by atoms with Gasteiger partial charge in [0.25, 0.3) is 5.91 Å². The maximum atomic E-state index is 12.1. The first-order valence-electron chi connectivity index (χ1n) is 7.82. The van der Waals surface area contributed by atoms with E-state index in [9.17, 15) is 4.79 Å². The van der Waals surface area contributed by atoms with E-state index in [-0.39, 0.29) is 19.1 Å². The van der Waals surface area contributed by atoms with Gasteiger partial charge in [-0.1, -0.05) is 35.5 Å². The number of anilines is 1. The van der Waals surface area contributed by atoms with Crippen LogP contribution in [0, 0.1) is 6.92 Å². The molecule has 1 amide bonds. The van der Waals surface area contributed by atoms with E-state index >= 15 is 0 Å². The molecule has 0 saturated carbocycles. The van der Waals surface area contributed by atoms with Crippen LogP contribution < -0.4 is 14.8 Å². The summed E-state index contributed by atoms with van der Waals surface area (Å²) in [5.74, 6) is 1.54. The summed E-state index contributed by atoms with van der Waals surface area (Å²) in [4.78, 5) is 12.1. The van der Waals surface area contributed by atoms with E-state index in [0.717, 1.165) is 5.69 Å². The van der Waals surface area contributed by atoms with Crippen molar-refractivity contribution in [2.75, 3.05) is 11.9 Å². The summed E-state index contributed by atoms with van der Waals surface area (Å²) in [5, 5.41) is 6.60. The number of carbonyl (C=O) groups is 1. The van der Waals surface area contributed by atoms with Gasteiger partial charge in [-0.05, 0) is 31.2 Å². The summed E-state index contributed by atoms with van der Waals surface area (Å²) >= 11 is 0. The molecule has 0 aliphatic heterocycles. The Labute approximate surface area is 145 Å². The highest BCUT2D eigenvalue weighted by atomic mass is 16.5. The van der Waals surface area contributed by atoms with Crippen molar-refractivity contribution in [3.05, 3.63) is 72.1 Å². The van der Waals surface area contributed by atoms with Crippen LogP contribution in [-0.2, 0) is 11.4 Å². The van der Waals surface area contributed by atoms with Crippen LogP contribution >= 0.6 is 0 Å². The van der Waals surface area contributed by atoms with Gasteiger partial charge in [0, 0.05) is 6.07 Å². The second kappa shape index (κ2) is 8.01. The van der Waals surface area contributed by atoms with Gasteiger partial charge in [-0.25, -0.2) is 0 Å².